The van der Waals surface area contributed by atoms with Crippen molar-refractivity contribution in [3.8, 4) is 0 Å². The number of hydrogen-bond acceptors (Lipinski definition) is 6. The average Bonchev–Trinajstić information content (AvgIpc) is 2.50. The summed E-state index contributed by atoms with van der Waals surface area (Å²) in [5, 5.41) is -0.692. The molecule has 1 aromatic carbocycles. The lowest BCUT2D eigenvalue weighted by Gasteiger charge is -2.20. The monoisotopic (exact) mass is 422 g/mol. The molecule has 0 heterocycles. The van der Waals surface area contributed by atoms with Crippen LogP contribution in [0, 0.1) is 6.92 Å². The second kappa shape index (κ2) is 8.41. The molecule has 1 aromatic rings. The molecule has 148 valence electrons. The van der Waals surface area contributed by atoms with Gasteiger partial charge in [0.1, 0.15) is 0 Å². The Morgan fingerprint density at radius 1 is 1.19 bits per heavy atom. The van der Waals surface area contributed by atoms with Crippen LogP contribution in [0.5, 0.6) is 0 Å². The number of rotatable bonds is 7. The van der Waals surface area contributed by atoms with Gasteiger partial charge in [-0.2, -0.15) is 30.4 Å². The van der Waals surface area contributed by atoms with Crippen LogP contribution in [0.25, 0.3) is 0 Å². The van der Waals surface area contributed by atoms with Gasteiger partial charge in [0.25, 0.3) is 0 Å². The molecule has 0 bridgehead atoms. The van der Waals surface area contributed by atoms with Crippen molar-refractivity contribution in [2.24, 2.45) is 5.84 Å². The van der Waals surface area contributed by atoms with Crippen molar-refractivity contribution < 1.29 is 39.4 Å². The molecule has 2 N–H and O–H groups in total. The van der Waals surface area contributed by atoms with Crippen molar-refractivity contribution in [1.29, 1.82) is 0 Å². The van der Waals surface area contributed by atoms with Crippen molar-refractivity contribution in [2.45, 2.75) is 36.8 Å². The molecule has 0 fully saturated rings. The second-order valence-corrected chi connectivity index (χ2v) is 6.97. The number of thiocarbonyl (C=S) groups is 1. The highest BCUT2D eigenvalue weighted by molar-refractivity contribution is 7.86. The predicted octanol–water partition coefficient (Wildman–Crippen LogP) is 3.07. The SMILES string of the molecule is Cc1ccc(S(=O)(=O)ON(N)C(=S)OCCCC(F)(F)C(F)(F)F)cc1. The third kappa shape index (κ3) is 6.30. The highest BCUT2D eigenvalue weighted by Crippen LogP contribution is 2.38. The second-order valence-electron chi connectivity index (χ2n) is 5.09. The van der Waals surface area contributed by atoms with Crippen molar-refractivity contribution in [1.82, 2.24) is 5.17 Å². The van der Waals surface area contributed by atoms with E-state index in [-0.39, 0.29) is 10.1 Å². The van der Waals surface area contributed by atoms with Crippen LogP contribution in [-0.4, -0.2) is 37.5 Å². The minimum Gasteiger partial charge on any atom is -0.468 e. The molecule has 0 aromatic heterocycles. The van der Waals surface area contributed by atoms with Crippen molar-refractivity contribution >= 4 is 27.5 Å². The molecule has 1 rings (SSSR count). The molecule has 0 amide bonds. The lowest BCUT2D eigenvalue weighted by molar-refractivity contribution is -0.284. The number of aryl methyl sites for hydroxylation is 1. The molecule has 0 saturated heterocycles. The summed E-state index contributed by atoms with van der Waals surface area (Å²) in [6, 6.07) is 5.52. The van der Waals surface area contributed by atoms with E-state index in [9.17, 15) is 30.4 Å². The maximum atomic E-state index is 12.7. The molecule has 13 heteroatoms. The van der Waals surface area contributed by atoms with Gasteiger partial charge >= 0.3 is 27.4 Å². The lowest BCUT2D eigenvalue weighted by atomic mass is 10.2. The summed E-state index contributed by atoms with van der Waals surface area (Å²) in [5.74, 6) is 0.376. The van der Waals surface area contributed by atoms with Crippen LogP contribution in [0.2, 0.25) is 0 Å². The zero-order valence-corrected chi connectivity index (χ0v) is 14.9. The molecular weight excluding hydrogens is 407 g/mol. The van der Waals surface area contributed by atoms with Crippen molar-refractivity contribution in [3.05, 3.63) is 29.8 Å². The van der Waals surface area contributed by atoms with Gasteiger partial charge in [0.15, 0.2) is 0 Å². The van der Waals surface area contributed by atoms with E-state index in [1.165, 1.54) is 24.3 Å². The fourth-order valence-electron chi connectivity index (χ4n) is 1.54. The van der Waals surface area contributed by atoms with Crippen LogP contribution in [0.4, 0.5) is 22.0 Å². The van der Waals surface area contributed by atoms with Crippen molar-refractivity contribution in [2.75, 3.05) is 6.61 Å². The van der Waals surface area contributed by atoms with E-state index in [0.717, 1.165) is 5.56 Å². The van der Waals surface area contributed by atoms with E-state index in [4.69, 9.17) is 5.84 Å². The van der Waals surface area contributed by atoms with E-state index in [1.54, 1.807) is 6.92 Å². The van der Waals surface area contributed by atoms with Gasteiger partial charge in [0.2, 0.25) is 0 Å². The number of hydroxylamine groups is 1. The Labute approximate surface area is 151 Å². The Hall–Kier alpha value is -1.57. The Morgan fingerprint density at radius 2 is 1.73 bits per heavy atom. The molecular formula is C13H15F5N2O4S2. The largest absolute Gasteiger partial charge is 0.468 e. The summed E-state index contributed by atoms with van der Waals surface area (Å²) in [6.45, 7) is 1.09. The molecule has 0 unspecified atom stereocenters. The first kappa shape index (κ1) is 22.5. The molecule has 26 heavy (non-hydrogen) atoms. The summed E-state index contributed by atoms with van der Waals surface area (Å²) >= 11 is 4.58. The summed E-state index contributed by atoms with van der Waals surface area (Å²) in [7, 11) is -4.33. The number of alkyl halides is 5. The van der Waals surface area contributed by atoms with Gasteiger partial charge in [-0.05, 0) is 37.7 Å². The average molecular weight is 422 g/mol. The maximum absolute atomic E-state index is 12.7. The predicted molar refractivity (Wildman–Crippen MR) is 84.3 cm³/mol. The number of hydrazine groups is 1. The Kier molecular flexibility index (Phi) is 7.27. The van der Waals surface area contributed by atoms with Gasteiger partial charge in [-0.25, -0.2) is 5.84 Å². The summed E-state index contributed by atoms with van der Waals surface area (Å²) < 4.78 is 94.4. The van der Waals surface area contributed by atoms with Crippen LogP contribution in [0.3, 0.4) is 0 Å². The zero-order valence-electron chi connectivity index (χ0n) is 13.3. The van der Waals surface area contributed by atoms with E-state index < -0.39 is 46.8 Å². The molecule has 0 spiro atoms. The molecule has 6 nitrogen and oxygen atoms in total. The Balaban J connectivity index is 2.52. The van der Waals surface area contributed by atoms with Gasteiger partial charge in [-0.3, -0.25) is 0 Å². The molecule has 0 aliphatic carbocycles. The minimum absolute atomic E-state index is 0.0619. The van der Waals surface area contributed by atoms with Gasteiger partial charge in [0, 0.05) is 6.42 Å². The molecule has 0 saturated carbocycles. The first-order valence-corrected chi connectivity index (χ1v) is 8.75. The smallest absolute Gasteiger partial charge is 0.453 e. The molecule has 0 aliphatic rings. The highest BCUT2D eigenvalue weighted by Gasteiger charge is 2.56. The normalized spacial score (nSPS) is 12.7. The Bertz CT molecular complexity index is 723. The van der Waals surface area contributed by atoms with Gasteiger partial charge < -0.3 is 4.74 Å². The van der Waals surface area contributed by atoms with E-state index >= 15 is 0 Å². The number of hydrogen-bond donors (Lipinski definition) is 1. The first-order chi connectivity index (χ1) is 11.8. The quantitative estimate of drug-likeness (QED) is 0.238. The zero-order chi connectivity index (χ0) is 20.2. The fourth-order valence-corrected chi connectivity index (χ4v) is 2.55. The lowest BCUT2D eigenvalue weighted by Crippen LogP contribution is -2.40. The molecule has 0 atom stereocenters. The van der Waals surface area contributed by atoms with Gasteiger partial charge in [-0.1, -0.05) is 17.7 Å². The van der Waals surface area contributed by atoms with Crippen LogP contribution in [0.1, 0.15) is 18.4 Å². The number of nitrogens with two attached hydrogens (primary N) is 1. The van der Waals surface area contributed by atoms with Crippen molar-refractivity contribution in [3.63, 3.8) is 0 Å². The van der Waals surface area contributed by atoms with E-state index in [0.29, 0.717) is 0 Å². The van der Waals surface area contributed by atoms with Gasteiger partial charge in [-0.15, -0.1) is 9.46 Å². The van der Waals surface area contributed by atoms with Crippen LogP contribution < -0.4 is 5.84 Å². The molecule has 0 radical (unpaired) electrons. The number of ether oxygens (including phenoxy) is 1. The third-order valence-corrected chi connectivity index (χ3v) is 4.45. The molecule has 0 aliphatic heterocycles. The summed E-state index contributed by atoms with van der Waals surface area (Å²) in [5.41, 5.74) is 0.795. The summed E-state index contributed by atoms with van der Waals surface area (Å²) in [4.78, 5) is -0.230. The standard InChI is InChI=1S/C13H15F5N2O4S2/c1-9-3-5-10(6-4-9)26(21,22)24-20(19)11(25)23-8-2-7-12(14,15)13(16,17)18/h3-6H,2,7-8,19H2,1H3. The first-order valence-electron chi connectivity index (χ1n) is 6.94. The number of benzene rings is 1. The highest BCUT2D eigenvalue weighted by atomic mass is 32.2. The Morgan fingerprint density at radius 3 is 2.23 bits per heavy atom. The summed E-state index contributed by atoms with van der Waals surface area (Å²) in [6.07, 6.45) is -7.89. The third-order valence-electron chi connectivity index (χ3n) is 2.94. The van der Waals surface area contributed by atoms with E-state index in [1.807, 2.05) is 0 Å². The topological polar surface area (TPSA) is 81.9 Å². The number of nitrogens with zero attached hydrogens (tertiary/aromatic N) is 1. The van der Waals surface area contributed by atoms with Crippen LogP contribution in [-0.2, 0) is 19.1 Å². The van der Waals surface area contributed by atoms with Crippen LogP contribution >= 0.6 is 12.2 Å². The van der Waals surface area contributed by atoms with E-state index in [2.05, 4.69) is 21.2 Å². The fraction of sp³-hybridized carbons (Fsp3) is 0.462. The van der Waals surface area contributed by atoms with Crippen LogP contribution in [0.15, 0.2) is 29.2 Å². The van der Waals surface area contributed by atoms with Gasteiger partial charge in [0.05, 0.1) is 11.5 Å². The minimum atomic E-state index is -5.67. The maximum Gasteiger partial charge on any atom is 0.453 e. The number of halogens is 5.